The van der Waals surface area contributed by atoms with Gasteiger partial charge in [-0.2, -0.15) is 0 Å². The standard InChI is InChI=1S/C76H150O5/c1-3-5-7-9-11-13-15-17-19-21-23-25-27-29-31-33-35-36-37-38-39-40-41-43-45-47-49-51-53-55-57-59-61-63-65-67-69-71-76(79)81-74(72-77)73-80-75(78)70-68-66-64-62-60-58-56-54-52-50-48-46-44-42-34-32-30-28-26-24-22-20-18-16-14-12-10-8-6-4-2/h74,77H,3-73H2,1-2H3. The minimum absolute atomic E-state index is 0.0552. The van der Waals surface area contributed by atoms with E-state index >= 15 is 0 Å². The first kappa shape index (κ1) is 79.9. The van der Waals surface area contributed by atoms with Crippen molar-refractivity contribution in [2.24, 2.45) is 0 Å². The molecule has 1 unspecified atom stereocenters. The van der Waals surface area contributed by atoms with E-state index in [2.05, 4.69) is 13.8 Å². The molecule has 5 nitrogen and oxygen atoms in total. The quantitative estimate of drug-likeness (QED) is 0.0485. The van der Waals surface area contributed by atoms with Gasteiger partial charge in [0, 0.05) is 12.8 Å². The molecule has 484 valence electrons. The highest BCUT2D eigenvalue weighted by atomic mass is 16.6. The van der Waals surface area contributed by atoms with Gasteiger partial charge in [0.15, 0.2) is 6.10 Å². The molecule has 0 spiro atoms. The molecule has 0 saturated heterocycles. The Morgan fingerprint density at radius 1 is 0.235 bits per heavy atom. The fourth-order valence-electron chi connectivity index (χ4n) is 12.4. The lowest BCUT2D eigenvalue weighted by atomic mass is 10.0. The normalized spacial score (nSPS) is 12.0. The van der Waals surface area contributed by atoms with E-state index in [1.807, 2.05) is 0 Å². The molecule has 0 radical (unpaired) electrons. The van der Waals surface area contributed by atoms with Crippen LogP contribution >= 0.6 is 0 Å². The number of carbonyl (C=O) groups excluding carboxylic acids is 2. The lowest BCUT2D eigenvalue weighted by Gasteiger charge is -2.15. The van der Waals surface area contributed by atoms with E-state index in [-0.39, 0.29) is 25.2 Å². The van der Waals surface area contributed by atoms with E-state index in [9.17, 15) is 14.7 Å². The van der Waals surface area contributed by atoms with Crippen molar-refractivity contribution in [3.8, 4) is 0 Å². The maximum atomic E-state index is 12.4. The zero-order valence-corrected chi connectivity index (χ0v) is 55.9. The zero-order valence-electron chi connectivity index (χ0n) is 55.9. The third-order valence-corrected chi connectivity index (χ3v) is 18.2. The van der Waals surface area contributed by atoms with Crippen molar-refractivity contribution in [2.45, 2.75) is 463 Å². The summed E-state index contributed by atoms with van der Waals surface area (Å²) in [4.78, 5) is 24.7. The van der Waals surface area contributed by atoms with Crippen molar-refractivity contribution in [2.75, 3.05) is 13.2 Å². The van der Waals surface area contributed by atoms with Gasteiger partial charge in [-0.05, 0) is 12.8 Å². The van der Waals surface area contributed by atoms with Crippen LogP contribution in [-0.4, -0.2) is 36.4 Å². The highest BCUT2D eigenvalue weighted by Crippen LogP contribution is 2.21. The van der Waals surface area contributed by atoms with Crippen molar-refractivity contribution >= 4 is 11.9 Å². The number of aliphatic hydroxyl groups excluding tert-OH is 1. The topological polar surface area (TPSA) is 72.8 Å². The molecular formula is C76H150O5. The molecule has 0 saturated carbocycles. The summed E-state index contributed by atoms with van der Waals surface area (Å²) in [7, 11) is 0. The van der Waals surface area contributed by atoms with Gasteiger partial charge in [0.25, 0.3) is 0 Å². The van der Waals surface area contributed by atoms with E-state index < -0.39 is 6.10 Å². The van der Waals surface area contributed by atoms with Gasteiger partial charge in [-0.3, -0.25) is 9.59 Å². The zero-order chi connectivity index (χ0) is 58.4. The van der Waals surface area contributed by atoms with E-state index in [1.54, 1.807) is 0 Å². The molecule has 0 bridgehead atoms. The molecule has 0 aliphatic rings. The second-order valence-electron chi connectivity index (χ2n) is 26.5. The van der Waals surface area contributed by atoms with Gasteiger partial charge in [0.05, 0.1) is 6.61 Å². The largest absolute Gasteiger partial charge is 0.462 e. The lowest BCUT2D eigenvalue weighted by molar-refractivity contribution is -0.161. The SMILES string of the molecule is CCCCCCCCCCCCCCCCCCCCCCCCCCCCCCCCCCCCCCCC(=O)OC(CO)COC(=O)CCCCCCCCCCCCCCCCCCCCCCCCCCCCCCCC. The van der Waals surface area contributed by atoms with Gasteiger partial charge in [0.2, 0.25) is 0 Å². The number of hydrogen-bond acceptors (Lipinski definition) is 5. The van der Waals surface area contributed by atoms with Crippen LogP contribution in [0.15, 0.2) is 0 Å². The van der Waals surface area contributed by atoms with Crippen LogP contribution in [0.2, 0.25) is 0 Å². The van der Waals surface area contributed by atoms with Gasteiger partial charge < -0.3 is 14.6 Å². The minimum Gasteiger partial charge on any atom is -0.462 e. The Labute approximate surface area is 509 Å². The number of carbonyl (C=O) groups is 2. The first-order valence-electron chi connectivity index (χ1n) is 38.1. The van der Waals surface area contributed by atoms with Gasteiger partial charge in [-0.15, -0.1) is 0 Å². The summed E-state index contributed by atoms with van der Waals surface area (Å²) in [6.45, 7) is 4.23. The summed E-state index contributed by atoms with van der Waals surface area (Å²) in [6, 6.07) is 0. The van der Waals surface area contributed by atoms with Crippen molar-refractivity contribution in [3.63, 3.8) is 0 Å². The van der Waals surface area contributed by atoms with Crippen LogP contribution in [0.25, 0.3) is 0 Å². The fraction of sp³-hybridized carbons (Fsp3) is 0.974. The van der Waals surface area contributed by atoms with Gasteiger partial charge in [-0.25, -0.2) is 0 Å². The van der Waals surface area contributed by atoms with Gasteiger partial charge >= 0.3 is 11.9 Å². The van der Waals surface area contributed by atoms with E-state index in [1.165, 1.54) is 398 Å². The highest BCUT2D eigenvalue weighted by molar-refractivity contribution is 5.70. The summed E-state index contributed by atoms with van der Waals surface area (Å²) < 4.78 is 10.8. The number of rotatable bonds is 73. The molecule has 1 atom stereocenters. The Morgan fingerprint density at radius 2 is 0.383 bits per heavy atom. The van der Waals surface area contributed by atoms with Crippen LogP contribution in [0.3, 0.4) is 0 Å². The van der Waals surface area contributed by atoms with Crippen LogP contribution < -0.4 is 0 Å². The number of hydrogen-bond donors (Lipinski definition) is 1. The van der Waals surface area contributed by atoms with Gasteiger partial charge in [-0.1, -0.05) is 431 Å². The summed E-state index contributed by atoms with van der Waals surface area (Å²) in [5.41, 5.74) is 0. The predicted molar refractivity (Wildman–Crippen MR) is 358 cm³/mol. The van der Waals surface area contributed by atoms with Crippen LogP contribution in [0.4, 0.5) is 0 Å². The van der Waals surface area contributed by atoms with E-state index in [4.69, 9.17) is 9.47 Å². The average molecular weight is 1140 g/mol. The molecule has 0 aromatic rings. The maximum Gasteiger partial charge on any atom is 0.306 e. The van der Waals surface area contributed by atoms with Crippen molar-refractivity contribution in [1.29, 1.82) is 0 Å². The number of unbranched alkanes of at least 4 members (excludes halogenated alkanes) is 65. The molecule has 0 aromatic carbocycles. The molecule has 1 N–H and O–H groups in total. The molecular weight excluding hydrogens is 993 g/mol. The van der Waals surface area contributed by atoms with Crippen molar-refractivity contribution in [3.05, 3.63) is 0 Å². The second kappa shape index (κ2) is 73.2. The lowest BCUT2D eigenvalue weighted by Crippen LogP contribution is -2.28. The van der Waals surface area contributed by atoms with E-state index in [0.29, 0.717) is 12.8 Å². The maximum absolute atomic E-state index is 12.4. The third-order valence-electron chi connectivity index (χ3n) is 18.2. The number of esters is 2. The second-order valence-corrected chi connectivity index (χ2v) is 26.5. The summed E-state index contributed by atoms with van der Waals surface area (Å²) >= 11 is 0. The first-order chi connectivity index (χ1) is 40.1. The minimum atomic E-state index is -0.766. The highest BCUT2D eigenvalue weighted by Gasteiger charge is 2.16. The predicted octanol–water partition coefficient (Wildman–Crippen LogP) is 26.4. The third kappa shape index (κ3) is 71.3. The Kier molecular flexibility index (Phi) is 72.2. The van der Waals surface area contributed by atoms with Crippen molar-refractivity contribution in [1.82, 2.24) is 0 Å². The number of aliphatic hydroxyl groups is 1. The molecule has 0 aliphatic carbocycles. The smallest absolute Gasteiger partial charge is 0.306 e. The van der Waals surface area contributed by atoms with Crippen molar-refractivity contribution < 1.29 is 24.2 Å². The van der Waals surface area contributed by atoms with Gasteiger partial charge in [0.1, 0.15) is 6.61 Å². The molecule has 0 amide bonds. The Hall–Kier alpha value is -1.10. The first-order valence-corrected chi connectivity index (χ1v) is 38.1. The average Bonchev–Trinajstić information content (AvgIpc) is 3.47. The fourth-order valence-corrected chi connectivity index (χ4v) is 12.4. The van der Waals surface area contributed by atoms with Crippen LogP contribution in [0.1, 0.15) is 457 Å². The van der Waals surface area contributed by atoms with Crippen LogP contribution in [-0.2, 0) is 19.1 Å². The molecule has 81 heavy (non-hydrogen) atoms. The Balaban J connectivity index is 3.33. The Morgan fingerprint density at radius 3 is 0.543 bits per heavy atom. The Bertz CT molecular complexity index is 1160. The summed E-state index contributed by atoms with van der Waals surface area (Å²) in [5, 5.41) is 9.71. The molecule has 0 aromatic heterocycles. The summed E-state index contributed by atoms with van der Waals surface area (Å²) in [6.07, 6.45) is 93.3. The van der Waals surface area contributed by atoms with E-state index in [0.717, 1.165) is 32.1 Å². The molecule has 5 heteroatoms. The molecule has 0 aliphatic heterocycles. The summed E-state index contributed by atoms with van der Waals surface area (Å²) in [5.74, 6) is -0.556. The van der Waals surface area contributed by atoms with Crippen LogP contribution in [0.5, 0.6) is 0 Å². The monoisotopic (exact) mass is 1140 g/mol. The molecule has 0 heterocycles. The molecule has 0 rings (SSSR count). The number of ether oxygens (including phenoxy) is 2. The molecule has 0 fully saturated rings. The van der Waals surface area contributed by atoms with Crippen LogP contribution in [0, 0.1) is 0 Å².